The first-order valence-electron chi connectivity index (χ1n) is 8.02. The summed E-state index contributed by atoms with van der Waals surface area (Å²) in [5.41, 5.74) is 0.945. The molecule has 1 fully saturated rings. The van der Waals surface area contributed by atoms with Crippen LogP contribution in [-0.2, 0) is 11.3 Å². The van der Waals surface area contributed by atoms with Gasteiger partial charge in [-0.2, -0.15) is 5.10 Å². The number of hydrogen-bond donors (Lipinski definition) is 2. The Bertz CT molecular complexity index is 658. The molecule has 10 nitrogen and oxygen atoms in total. The Labute approximate surface area is 144 Å². The SMILES string of the molecule is CCOC(=O)c1cc(C)n(CC[C@@H]2CN(C(=O)O)CCN2C(=O)O)n1. The molecule has 0 spiro atoms. The van der Waals surface area contributed by atoms with E-state index in [0.717, 1.165) is 5.69 Å². The summed E-state index contributed by atoms with van der Waals surface area (Å²) in [5.74, 6) is -0.508. The van der Waals surface area contributed by atoms with E-state index in [0.29, 0.717) is 13.0 Å². The van der Waals surface area contributed by atoms with Crippen LogP contribution in [0.4, 0.5) is 9.59 Å². The maximum atomic E-state index is 11.7. The first-order valence-corrected chi connectivity index (χ1v) is 8.02. The molecular formula is C15H22N4O6. The van der Waals surface area contributed by atoms with Gasteiger partial charge in [0.1, 0.15) is 0 Å². The van der Waals surface area contributed by atoms with Crippen LogP contribution < -0.4 is 0 Å². The van der Waals surface area contributed by atoms with Crippen molar-refractivity contribution in [2.45, 2.75) is 32.9 Å². The molecule has 25 heavy (non-hydrogen) atoms. The number of carbonyl (C=O) groups is 3. The van der Waals surface area contributed by atoms with E-state index in [4.69, 9.17) is 9.84 Å². The number of hydrogen-bond acceptors (Lipinski definition) is 5. The van der Waals surface area contributed by atoms with Crippen LogP contribution >= 0.6 is 0 Å². The molecule has 1 aromatic heterocycles. The van der Waals surface area contributed by atoms with Crippen LogP contribution in [0.1, 0.15) is 29.5 Å². The van der Waals surface area contributed by atoms with Gasteiger partial charge in [-0.05, 0) is 26.3 Å². The first-order chi connectivity index (χ1) is 11.8. The van der Waals surface area contributed by atoms with E-state index in [1.807, 2.05) is 0 Å². The lowest BCUT2D eigenvalue weighted by molar-refractivity contribution is 0.0517. The van der Waals surface area contributed by atoms with Crippen LogP contribution in [0.25, 0.3) is 0 Å². The fraction of sp³-hybridized carbons (Fsp3) is 0.600. The molecule has 10 heteroatoms. The number of aryl methyl sites for hydroxylation is 2. The van der Waals surface area contributed by atoms with E-state index < -0.39 is 24.2 Å². The summed E-state index contributed by atoms with van der Waals surface area (Å²) in [5, 5.41) is 22.6. The molecule has 1 aromatic rings. The van der Waals surface area contributed by atoms with E-state index in [-0.39, 0.29) is 31.9 Å². The molecule has 0 aromatic carbocycles. The lowest BCUT2D eigenvalue weighted by Crippen LogP contribution is -2.56. The lowest BCUT2D eigenvalue weighted by atomic mass is 10.1. The van der Waals surface area contributed by atoms with Crippen molar-refractivity contribution in [1.29, 1.82) is 0 Å². The summed E-state index contributed by atoms with van der Waals surface area (Å²) < 4.78 is 6.51. The van der Waals surface area contributed by atoms with Crippen LogP contribution in [-0.4, -0.2) is 80.2 Å². The molecule has 2 heterocycles. The van der Waals surface area contributed by atoms with E-state index in [1.54, 1.807) is 24.6 Å². The number of piperazine rings is 1. The van der Waals surface area contributed by atoms with Gasteiger partial charge in [0.25, 0.3) is 0 Å². The van der Waals surface area contributed by atoms with Crippen molar-refractivity contribution in [3.8, 4) is 0 Å². The fourth-order valence-corrected chi connectivity index (χ4v) is 2.84. The Kier molecular flexibility index (Phi) is 5.84. The topological polar surface area (TPSA) is 125 Å². The van der Waals surface area contributed by atoms with Crippen LogP contribution in [0, 0.1) is 6.92 Å². The summed E-state index contributed by atoms with van der Waals surface area (Å²) >= 11 is 0. The van der Waals surface area contributed by atoms with Crippen molar-refractivity contribution in [3.63, 3.8) is 0 Å². The Morgan fingerprint density at radius 3 is 2.60 bits per heavy atom. The predicted molar refractivity (Wildman–Crippen MR) is 85.7 cm³/mol. The average Bonchev–Trinajstić information content (AvgIpc) is 2.93. The predicted octanol–water partition coefficient (Wildman–Crippen LogP) is 1.10. The lowest BCUT2D eigenvalue weighted by Gasteiger charge is -2.38. The molecule has 0 unspecified atom stereocenters. The van der Waals surface area contributed by atoms with Gasteiger partial charge in [-0.3, -0.25) is 4.68 Å². The Morgan fingerprint density at radius 1 is 1.28 bits per heavy atom. The number of amides is 2. The fourth-order valence-electron chi connectivity index (χ4n) is 2.84. The van der Waals surface area contributed by atoms with E-state index >= 15 is 0 Å². The maximum absolute atomic E-state index is 11.7. The van der Waals surface area contributed by atoms with Gasteiger partial charge >= 0.3 is 18.2 Å². The van der Waals surface area contributed by atoms with Gasteiger partial charge in [-0.25, -0.2) is 14.4 Å². The Balaban J connectivity index is 2.05. The zero-order valence-corrected chi connectivity index (χ0v) is 14.2. The van der Waals surface area contributed by atoms with Crippen molar-refractivity contribution in [1.82, 2.24) is 19.6 Å². The second-order valence-corrected chi connectivity index (χ2v) is 5.76. The Hall–Kier alpha value is -2.78. The highest BCUT2D eigenvalue weighted by atomic mass is 16.5. The third kappa shape index (κ3) is 4.40. The molecule has 0 saturated carbocycles. The van der Waals surface area contributed by atoms with E-state index in [9.17, 15) is 19.5 Å². The highest BCUT2D eigenvalue weighted by molar-refractivity contribution is 5.87. The van der Waals surface area contributed by atoms with Gasteiger partial charge in [0.05, 0.1) is 12.6 Å². The van der Waals surface area contributed by atoms with E-state index in [2.05, 4.69) is 5.10 Å². The van der Waals surface area contributed by atoms with Crippen molar-refractivity contribution in [2.75, 3.05) is 26.2 Å². The monoisotopic (exact) mass is 354 g/mol. The Morgan fingerprint density at radius 2 is 2.00 bits per heavy atom. The number of aromatic nitrogens is 2. The highest BCUT2D eigenvalue weighted by Crippen LogP contribution is 2.15. The molecule has 1 saturated heterocycles. The summed E-state index contributed by atoms with van der Waals surface area (Å²) in [6, 6.07) is 1.15. The molecule has 1 atom stereocenters. The highest BCUT2D eigenvalue weighted by Gasteiger charge is 2.32. The van der Waals surface area contributed by atoms with Crippen molar-refractivity contribution in [3.05, 3.63) is 17.5 Å². The number of ether oxygens (including phenoxy) is 1. The molecule has 0 aliphatic carbocycles. The zero-order valence-electron chi connectivity index (χ0n) is 14.2. The van der Waals surface area contributed by atoms with Crippen LogP contribution in [0.5, 0.6) is 0 Å². The third-order valence-corrected chi connectivity index (χ3v) is 4.14. The van der Waals surface area contributed by atoms with Gasteiger partial charge in [-0.15, -0.1) is 0 Å². The molecule has 2 amide bonds. The summed E-state index contributed by atoms with van der Waals surface area (Å²) in [6.07, 6.45) is -1.74. The smallest absolute Gasteiger partial charge is 0.407 e. The normalized spacial score (nSPS) is 17.4. The summed E-state index contributed by atoms with van der Waals surface area (Å²) in [4.78, 5) is 36.7. The number of rotatable bonds is 5. The second-order valence-electron chi connectivity index (χ2n) is 5.76. The van der Waals surface area contributed by atoms with Gasteiger partial charge in [0.15, 0.2) is 5.69 Å². The van der Waals surface area contributed by atoms with Crippen LogP contribution in [0.3, 0.4) is 0 Å². The van der Waals surface area contributed by atoms with Crippen LogP contribution in [0.15, 0.2) is 6.07 Å². The van der Waals surface area contributed by atoms with Crippen molar-refractivity contribution in [2.24, 2.45) is 0 Å². The molecule has 1 aliphatic heterocycles. The molecule has 0 bridgehead atoms. The molecule has 138 valence electrons. The van der Waals surface area contributed by atoms with Gasteiger partial charge in [0, 0.05) is 31.9 Å². The van der Waals surface area contributed by atoms with Gasteiger partial charge < -0.3 is 24.7 Å². The third-order valence-electron chi connectivity index (χ3n) is 4.14. The zero-order chi connectivity index (χ0) is 18.6. The maximum Gasteiger partial charge on any atom is 0.407 e. The van der Waals surface area contributed by atoms with Gasteiger partial charge in [-0.1, -0.05) is 0 Å². The molecular weight excluding hydrogens is 332 g/mol. The average molecular weight is 354 g/mol. The second kappa shape index (κ2) is 7.86. The minimum absolute atomic E-state index is 0.118. The number of carbonyl (C=O) groups excluding carboxylic acids is 1. The number of esters is 1. The molecule has 0 radical (unpaired) electrons. The minimum atomic E-state index is -1.07. The van der Waals surface area contributed by atoms with Crippen LogP contribution in [0.2, 0.25) is 0 Å². The molecule has 2 N–H and O–H groups in total. The van der Waals surface area contributed by atoms with E-state index in [1.165, 1.54) is 9.80 Å². The number of carboxylic acid groups (broad SMARTS) is 2. The molecule has 2 rings (SSSR count). The van der Waals surface area contributed by atoms with Crippen molar-refractivity contribution < 1.29 is 29.3 Å². The first kappa shape index (κ1) is 18.6. The molecule has 1 aliphatic rings. The standard InChI is InChI=1S/C15H22N4O6/c1-3-25-13(20)12-8-10(2)19(16-12)5-4-11-9-17(14(21)22)6-7-18(11)15(23)24/h8,11H,3-7,9H2,1-2H3,(H,21,22)(H,23,24)/t11-/m1/s1. The van der Waals surface area contributed by atoms with Gasteiger partial charge in [0.2, 0.25) is 0 Å². The largest absolute Gasteiger partial charge is 0.465 e. The summed E-state index contributed by atoms with van der Waals surface area (Å²) in [7, 11) is 0. The quantitative estimate of drug-likeness (QED) is 0.758. The minimum Gasteiger partial charge on any atom is -0.465 e. The van der Waals surface area contributed by atoms with Crippen molar-refractivity contribution >= 4 is 18.2 Å². The summed E-state index contributed by atoms with van der Waals surface area (Å²) in [6.45, 7) is 4.53. The number of nitrogens with zero attached hydrogens (tertiary/aromatic N) is 4.